The third kappa shape index (κ3) is 5.30. The molecule has 2 aliphatic rings. The van der Waals surface area contributed by atoms with Crippen molar-refractivity contribution in [3.05, 3.63) is 29.8 Å². The molecule has 8 nitrogen and oxygen atoms in total. The standard InChI is InChI=1S/C19H27N3O5S/c23-18(19(24)21-16-4-2-1-3-5-16)20-14-15-6-8-17(9-7-15)28(25,26)22-10-12-27-13-11-22/h6-9,16H,1-5,10-14H2,(H,20,23)(H,21,24). The number of hydrogen-bond donors (Lipinski definition) is 2. The Kier molecular flexibility index (Phi) is 7.03. The summed E-state index contributed by atoms with van der Waals surface area (Å²) in [6.07, 6.45) is 5.16. The Bertz CT molecular complexity index is 782. The molecule has 1 saturated heterocycles. The summed E-state index contributed by atoms with van der Waals surface area (Å²) in [4.78, 5) is 24.2. The van der Waals surface area contributed by atoms with Crippen LogP contribution in [0.15, 0.2) is 29.2 Å². The van der Waals surface area contributed by atoms with Crippen LogP contribution in [-0.2, 0) is 30.9 Å². The van der Waals surface area contributed by atoms with Crippen molar-refractivity contribution in [1.29, 1.82) is 0 Å². The minimum atomic E-state index is -3.54. The first-order valence-electron chi connectivity index (χ1n) is 9.72. The van der Waals surface area contributed by atoms with Gasteiger partial charge in [-0.3, -0.25) is 9.59 Å². The second-order valence-electron chi connectivity index (χ2n) is 7.15. The summed E-state index contributed by atoms with van der Waals surface area (Å²) in [5.74, 6) is -1.28. The zero-order valence-corrected chi connectivity index (χ0v) is 16.7. The van der Waals surface area contributed by atoms with Crippen molar-refractivity contribution < 1.29 is 22.7 Å². The molecule has 28 heavy (non-hydrogen) atoms. The number of rotatable bonds is 5. The van der Waals surface area contributed by atoms with E-state index in [1.807, 2.05) is 0 Å². The number of carbonyl (C=O) groups excluding carboxylic acids is 2. The molecule has 1 heterocycles. The minimum absolute atomic E-state index is 0.0803. The Morgan fingerprint density at radius 3 is 2.29 bits per heavy atom. The quantitative estimate of drug-likeness (QED) is 0.699. The number of nitrogens with zero attached hydrogens (tertiary/aromatic N) is 1. The van der Waals surface area contributed by atoms with Crippen LogP contribution in [0.5, 0.6) is 0 Å². The highest BCUT2D eigenvalue weighted by Crippen LogP contribution is 2.18. The molecular formula is C19H27N3O5S. The normalized spacial score (nSPS) is 19.1. The van der Waals surface area contributed by atoms with E-state index in [0.717, 1.165) is 31.2 Å². The van der Waals surface area contributed by atoms with Gasteiger partial charge in [-0.2, -0.15) is 4.31 Å². The second-order valence-corrected chi connectivity index (χ2v) is 9.09. The van der Waals surface area contributed by atoms with Crippen LogP contribution in [0.2, 0.25) is 0 Å². The second kappa shape index (κ2) is 9.49. The number of carbonyl (C=O) groups is 2. The predicted octanol–water partition coefficient (Wildman–Crippen LogP) is 0.773. The van der Waals surface area contributed by atoms with E-state index in [1.165, 1.54) is 22.9 Å². The van der Waals surface area contributed by atoms with E-state index in [9.17, 15) is 18.0 Å². The van der Waals surface area contributed by atoms with Gasteiger partial charge in [0.2, 0.25) is 10.0 Å². The van der Waals surface area contributed by atoms with E-state index in [1.54, 1.807) is 12.1 Å². The van der Waals surface area contributed by atoms with E-state index >= 15 is 0 Å². The molecule has 0 spiro atoms. The van der Waals surface area contributed by atoms with Crippen LogP contribution >= 0.6 is 0 Å². The van der Waals surface area contributed by atoms with Crippen molar-refractivity contribution in [2.24, 2.45) is 0 Å². The van der Waals surface area contributed by atoms with Gasteiger partial charge in [0.15, 0.2) is 0 Å². The molecule has 1 aromatic rings. The summed E-state index contributed by atoms with van der Waals surface area (Å²) in [7, 11) is -3.54. The van der Waals surface area contributed by atoms with Crippen LogP contribution in [0.1, 0.15) is 37.7 Å². The molecule has 1 aliphatic heterocycles. The van der Waals surface area contributed by atoms with Gasteiger partial charge < -0.3 is 15.4 Å². The fourth-order valence-electron chi connectivity index (χ4n) is 3.48. The van der Waals surface area contributed by atoms with E-state index in [2.05, 4.69) is 10.6 Å². The Labute approximate surface area is 165 Å². The molecule has 0 atom stereocenters. The van der Waals surface area contributed by atoms with Gasteiger partial charge in [0.1, 0.15) is 0 Å². The van der Waals surface area contributed by atoms with Crippen LogP contribution in [0.4, 0.5) is 0 Å². The van der Waals surface area contributed by atoms with Crippen LogP contribution in [0.25, 0.3) is 0 Å². The lowest BCUT2D eigenvalue weighted by Gasteiger charge is -2.26. The number of sulfonamides is 1. The molecule has 3 rings (SSSR count). The first-order chi connectivity index (χ1) is 13.5. The molecule has 1 aromatic carbocycles. The Morgan fingerprint density at radius 2 is 1.64 bits per heavy atom. The fourth-order valence-corrected chi connectivity index (χ4v) is 4.88. The van der Waals surface area contributed by atoms with E-state index in [4.69, 9.17) is 4.74 Å². The Hall–Kier alpha value is -1.97. The SMILES string of the molecule is O=C(NCc1ccc(S(=O)(=O)N2CCOCC2)cc1)C(=O)NC1CCCCC1. The van der Waals surface area contributed by atoms with Crippen molar-refractivity contribution in [3.8, 4) is 0 Å². The summed E-state index contributed by atoms with van der Waals surface area (Å²) in [6.45, 7) is 1.64. The molecule has 0 aromatic heterocycles. The number of ether oxygens (including phenoxy) is 1. The van der Waals surface area contributed by atoms with Gasteiger partial charge in [-0.25, -0.2) is 8.42 Å². The first kappa shape index (κ1) is 20.8. The zero-order chi connectivity index (χ0) is 20.0. The zero-order valence-electron chi connectivity index (χ0n) is 15.9. The molecule has 0 bridgehead atoms. The lowest BCUT2D eigenvalue weighted by atomic mass is 9.95. The van der Waals surface area contributed by atoms with E-state index < -0.39 is 21.8 Å². The van der Waals surface area contributed by atoms with Gasteiger partial charge in [0.25, 0.3) is 0 Å². The molecule has 0 unspecified atom stereocenters. The molecule has 154 valence electrons. The van der Waals surface area contributed by atoms with Gasteiger partial charge in [0, 0.05) is 25.7 Å². The van der Waals surface area contributed by atoms with Gasteiger partial charge in [-0.15, -0.1) is 0 Å². The van der Waals surface area contributed by atoms with Crippen LogP contribution in [-0.4, -0.2) is 56.9 Å². The van der Waals surface area contributed by atoms with Crippen LogP contribution in [0, 0.1) is 0 Å². The van der Waals surface area contributed by atoms with Gasteiger partial charge in [0.05, 0.1) is 18.1 Å². The molecule has 2 amide bonds. The third-order valence-electron chi connectivity index (χ3n) is 5.13. The minimum Gasteiger partial charge on any atom is -0.379 e. The molecule has 0 radical (unpaired) electrons. The van der Waals surface area contributed by atoms with Crippen molar-refractivity contribution in [2.75, 3.05) is 26.3 Å². The number of hydrogen-bond acceptors (Lipinski definition) is 5. The van der Waals surface area contributed by atoms with Crippen molar-refractivity contribution in [2.45, 2.75) is 49.6 Å². The number of amides is 2. The maximum Gasteiger partial charge on any atom is 0.309 e. The number of benzene rings is 1. The molecule has 2 N–H and O–H groups in total. The molecule has 1 aliphatic carbocycles. The first-order valence-corrected chi connectivity index (χ1v) is 11.2. The maximum atomic E-state index is 12.6. The molecule has 9 heteroatoms. The van der Waals surface area contributed by atoms with Crippen LogP contribution in [0.3, 0.4) is 0 Å². The largest absolute Gasteiger partial charge is 0.379 e. The highest BCUT2D eigenvalue weighted by atomic mass is 32.2. The average molecular weight is 410 g/mol. The molecular weight excluding hydrogens is 382 g/mol. The van der Waals surface area contributed by atoms with E-state index in [0.29, 0.717) is 26.3 Å². The summed E-state index contributed by atoms with van der Waals surface area (Å²) in [6, 6.07) is 6.42. The Balaban J connectivity index is 1.51. The molecule has 2 fully saturated rings. The summed E-state index contributed by atoms with van der Waals surface area (Å²) in [5, 5.41) is 5.36. The van der Waals surface area contributed by atoms with E-state index in [-0.39, 0.29) is 17.5 Å². The number of nitrogens with one attached hydrogen (secondary N) is 2. The van der Waals surface area contributed by atoms with Gasteiger partial charge >= 0.3 is 11.8 Å². The maximum absolute atomic E-state index is 12.6. The average Bonchev–Trinajstić information content (AvgIpc) is 2.73. The summed E-state index contributed by atoms with van der Waals surface area (Å²) >= 11 is 0. The highest BCUT2D eigenvalue weighted by Gasteiger charge is 2.26. The van der Waals surface area contributed by atoms with Gasteiger partial charge in [-0.1, -0.05) is 31.4 Å². The van der Waals surface area contributed by atoms with Crippen LogP contribution < -0.4 is 10.6 Å². The highest BCUT2D eigenvalue weighted by molar-refractivity contribution is 7.89. The lowest BCUT2D eigenvalue weighted by molar-refractivity contribution is -0.139. The van der Waals surface area contributed by atoms with Crippen molar-refractivity contribution in [3.63, 3.8) is 0 Å². The Morgan fingerprint density at radius 1 is 1.00 bits per heavy atom. The fraction of sp³-hybridized carbons (Fsp3) is 0.579. The lowest BCUT2D eigenvalue weighted by Crippen LogP contribution is -2.45. The van der Waals surface area contributed by atoms with Crippen molar-refractivity contribution in [1.82, 2.24) is 14.9 Å². The van der Waals surface area contributed by atoms with Crippen molar-refractivity contribution >= 4 is 21.8 Å². The third-order valence-corrected chi connectivity index (χ3v) is 7.04. The smallest absolute Gasteiger partial charge is 0.309 e. The monoisotopic (exact) mass is 409 g/mol. The summed E-state index contributed by atoms with van der Waals surface area (Å²) in [5.41, 5.74) is 0.722. The van der Waals surface area contributed by atoms with Gasteiger partial charge in [-0.05, 0) is 30.5 Å². The number of morpholine rings is 1. The topological polar surface area (TPSA) is 105 Å². The summed E-state index contributed by atoms with van der Waals surface area (Å²) < 4.78 is 31.8. The predicted molar refractivity (Wildman–Crippen MR) is 103 cm³/mol. The molecule has 1 saturated carbocycles.